The van der Waals surface area contributed by atoms with Crippen molar-refractivity contribution in [3.05, 3.63) is 59.2 Å². The first-order valence-corrected chi connectivity index (χ1v) is 5.75. The number of rotatable bonds is 1. The molecule has 0 spiro atoms. The Labute approximate surface area is 101 Å². The lowest BCUT2D eigenvalue weighted by Crippen LogP contribution is -1.99. The van der Waals surface area contributed by atoms with Gasteiger partial charge >= 0.3 is 0 Å². The molecule has 0 saturated heterocycles. The highest BCUT2D eigenvalue weighted by atomic mass is 15.1. The highest BCUT2D eigenvalue weighted by molar-refractivity contribution is 6.00. The summed E-state index contributed by atoms with van der Waals surface area (Å²) >= 11 is 0. The van der Waals surface area contributed by atoms with Crippen molar-refractivity contribution in [1.29, 1.82) is 0 Å². The molecule has 0 amide bonds. The van der Waals surface area contributed by atoms with Gasteiger partial charge in [0.25, 0.3) is 0 Å². The van der Waals surface area contributed by atoms with E-state index in [1.54, 1.807) is 0 Å². The Bertz CT molecular complexity index is 612. The molecule has 0 unspecified atom stereocenters. The summed E-state index contributed by atoms with van der Waals surface area (Å²) < 4.78 is 0. The Morgan fingerprint density at radius 3 is 2.65 bits per heavy atom. The first-order valence-electron chi connectivity index (χ1n) is 5.75. The molecule has 2 nitrogen and oxygen atoms in total. The van der Waals surface area contributed by atoms with Gasteiger partial charge in [-0.05, 0) is 47.2 Å². The van der Waals surface area contributed by atoms with Crippen molar-refractivity contribution < 1.29 is 0 Å². The monoisotopic (exact) mass is 222 g/mol. The van der Waals surface area contributed by atoms with Crippen LogP contribution in [0.5, 0.6) is 0 Å². The predicted octanol–water partition coefficient (Wildman–Crippen LogP) is 2.94. The first kappa shape index (κ1) is 10.1. The lowest BCUT2D eigenvalue weighted by molar-refractivity contribution is 1.23. The summed E-state index contributed by atoms with van der Waals surface area (Å²) in [6.07, 6.45) is 1.03. The lowest BCUT2D eigenvalue weighted by atomic mass is 10.0. The van der Waals surface area contributed by atoms with Gasteiger partial charge in [-0.3, -0.25) is 0 Å². The third-order valence-corrected chi connectivity index (χ3v) is 3.41. The molecule has 0 aromatic heterocycles. The average Bonchev–Trinajstić information content (AvgIpc) is 2.75. The van der Waals surface area contributed by atoms with Crippen LogP contribution in [-0.2, 0) is 6.42 Å². The van der Waals surface area contributed by atoms with E-state index < -0.39 is 0 Å². The second-order valence-corrected chi connectivity index (χ2v) is 4.42. The van der Waals surface area contributed by atoms with Gasteiger partial charge in [0.05, 0.1) is 5.71 Å². The molecule has 0 heterocycles. The van der Waals surface area contributed by atoms with Gasteiger partial charge in [-0.25, -0.2) is 0 Å². The van der Waals surface area contributed by atoms with E-state index >= 15 is 0 Å². The van der Waals surface area contributed by atoms with Crippen LogP contribution < -0.4 is 5.84 Å². The Morgan fingerprint density at radius 1 is 1.06 bits per heavy atom. The molecule has 2 heteroatoms. The van der Waals surface area contributed by atoms with Crippen LogP contribution in [0.15, 0.2) is 47.6 Å². The Hall–Kier alpha value is -2.09. The molecule has 17 heavy (non-hydrogen) atoms. The third kappa shape index (κ3) is 1.53. The number of hydrazone groups is 1. The second-order valence-electron chi connectivity index (χ2n) is 4.42. The van der Waals surface area contributed by atoms with Crippen LogP contribution in [0.2, 0.25) is 0 Å². The van der Waals surface area contributed by atoms with E-state index in [2.05, 4.69) is 47.6 Å². The molecule has 3 rings (SSSR count). The number of nitrogens with zero attached hydrogens (tertiary/aromatic N) is 1. The molecule has 84 valence electrons. The highest BCUT2D eigenvalue weighted by Gasteiger charge is 2.18. The average molecular weight is 222 g/mol. The Kier molecular flexibility index (Phi) is 2.22. The number of benzene rings is 2. The van der Waals surface area contributed by atoms with Gasteiger partial charge in [-0.15, -0.1) is 0 Å². The van der Waals surface area contributed by atoms with Crippen molar-refractivity contribution in [3.8, 4) is 11.1 Å². The molecule has 0 saturated carbocycles. The molecule has 2 N–H and O–H groups in total. The Balaban J connectivity index is 2.18. The van der Waals surface area contributed by atoms with Gasteiger partial charge in [0, 0.05) is 0 Å². The molecule has 0 bridgehead atoms. The summed E-state index contributed by atoms with van der Waals surface area (Å²) in [5, 5.41) is 3.76. The number of hydrogen-bond donors (Lipinski definition) is 1. The van der Waals surface area contributed by atoms with Crippen molar-refractivity contribution in [2.24, 2.45) is 10.9 Å². The fraction of sp³-hybridized carbons (Fsp3) is 0.133. The van der Waals surface area contributed by atoms with Crippen LogP contribution in [0.4, 0.5) is 0 Å². The van der Waals surface area contributed by atoms with Crippen LogP contribution in [0.25, 0.3) is 11.1 Å². The zero-order valence-electron chi connectivity index (χ0n) is 9.77. The molecule has 0 atom stereocenters. The summed E-state index contributed by atoms with van der Waals surface area (Å²) in [7, 11) is 0. The van der Waals surface area contributed by atoms with Gasteiger partial charge in [0.2, 0.25) is 0 Å². The number of hydrogen-bond acceptors (Lipinski definition) is 2. The fourth-order valence-corrected chi connectivity index (χ4v) is 2.42. The fourth-order valence-electron chi connectivity index (χ4n) is 2.42. The third-order valence-electron chi connectivity index (χ3n) is 3.41. The van der Waals surface area contributed by atoms with E-state index in [0.717, 1.165) is 17.7 Å². The summed E-state index contributed by atoms with van der Waals surface area (Å²) in [6, 6.07) is 15.0. The molecular weight excluding hydrogens is 208 g/mol. The van der Waals surface area contributed by atoms with E-state index in [9.17, 15) is 0 Å². The van der Waals surface area contributed by atoms with Crippen LogP contribution in [0, 0.1) is 0 Å². The maximum Gasteiger partial charge on any atom is 0.0642 e. The number of fused-ring (bicyclic) bond motifs is 3. The van der Waals surface area contributed by atoms with E-state index in [-0.39, 0.29) is 0 Å². The summed E-state index contributed by atoms with van der Waals surface area (Å²) in [5.41, 5.74) is 7.43. The molecule has 0 aliphatic heterocycles. The van der Waals surface area contributed by atoms with Crippen LogP contribution in [0.1, 0.15) is 23.6 Å². The molecule has 1 aliphatic rings. The maximum atomic E-state index is 5.33. The molecule has 0 fully saturated rings. The quantitative estimate of drug-likeness (QED) is 0.384. The molecule has 1 aliphatic carbocycles. The van der Waals surface area contributed by atoms with E-state index in [1.807, 2.05) is 6.92 Å². The van der Waals surface area contributed by atoms with Crippen molar-refractivity contribution in [2.75, 3.05) is 0 Å². The van der Waals surface area contributed by atoms with Gasteiger partial charge in [-0.2, -0.15) is 5.10 Å². The minimum absolute atomic E-state index is 0.872. The maximum absolute atomic E-state index is 5.33. The topological polar surface area (TPSA) is 38.4 Å². The van der Waals surface area contributed by atoms with E-state index in [4.69, 9.17) is 5.84 Å². The van der Waals surface area contributed by atoms with Gasteiger partial charge in [0.1, 0.15) is 0 Å². The summed E-state index contributed by atoms with van der Waals surface area (Å²) in [6.45, 7) is 1.93. The van der Waals surface area contributed by atoms with Crippen molar-refractivity contribution in [1.82, 2.24) is 0 Å². The minimum atomic E-state index is 0.872. The normalized spacial score (nSPS) is 13.4. The standard InChI is InChI=1S/C15H14N2/c1-10(17-16)11-6-7-13-8-12-4-2-3-5-14(12)15(13)9-11/h2-7,9H,8,16H2,1H3/b17-10-. The van der Waals surface area contributed by atoms with Gasteiger partial charge in [-0.1, -0.05) is 36.4 Å². The van der Waals surface area contributed by atoms with Crippen molar-refractivity contribution in [2.45, 2.75) is 13.3 Å². The second kappa shape index (κ2) is 3.74. The molecule has 2 aromatic carbocycles. The van der Waals surface area contributed by atoms with Crippen LogP contribution in [0.3, 0.4) is 0 Å². The van der Waals surface area contributed by atoms with Crippen LogP contribution in [-0.4, -0.2) is 5.71 Å². The highest BCUT2D eigenvalue weighted by Crippen LogP contribution is 2.36. The molecular formula is C15H14N2. The zero-order chi connectivity index (χ0) is 11.8. The van der Waals surface area contributed by atoms with Gasteiger partial charge < -0.3 is 5.84 Å². The summed E-state index contributed by atoms with van der Waals surface area (Å²) in [4.78, 5) is 0. The minimum Gasteiger partial charge on any atom is -0.323 e. The largest absolute Gasteiger partial charge is 0.323 e. The Morgan fingerprint density at radius 2 is 1.82 bits per heavy atom. The SMILES string of the molecule is C/C(=N/N)c1ccc2c(c1)-c1ccccc1C2. The van der Waals surface area contributed by atoms with Gasteiger partial charge in [0.15, 0.2) is 0 Å². The summed E-state index contributed by atoms with van der Waals surface area (Å²) in [5.74, 6) is 5.33. The van der Waals surface area contributed by atoms with Crippen molar-refractivity contribution >= 4 is 5.71 Å². The van der Waals surface area contributed by atoms with Crippen molar-refractivity contribution in [3.63, 3.8) is 0 Å². The first-order chi connectivity index (χ1) is 8.29. The zero-order valence-corrected chi connectivity index (χ0v) is 9.77. The predicted molar refractivity (Wildman–Crippen MR) is 71.1 cm³/mol. The van der Waals surface area contributed by atoms with Crippen LogP contribution >= 0.6 is 0 Å². The molecule has 0 radical (unpaired) electrons. The lowest BCUT2D eigenvalue weighted by Gasteiger charge is -2.04. The molecule has 2 aromatic rings. The smallest absolute Gasteiger partial charge is 0.0642 e. The van der Waals surface area contributed by atoms with E-state index in [0.29, 0.717) is 0 Å². The number of nitrogens with two attached hydrogens (primary N) is 1. The van der Waals surface area contributed by atoms with E-state index in [1.165, 1.54) is 22.3 Å².